The van der Waals surface area contributed by atoms with Crippen LogP contribution in [-0.4, -0.2) is 32.0 Å². The van der Waals surface area contributed by atoms with Gasteiger partial charge in [0, 0.05) is 17.3 Å². The number of carbonyl (C=O) groups is 1. The van der Waals surface area contributed by atoms with Gasteiger partial charge in [-0.05, 0) is 19.3 Å². The number of amides is 1. The van der Waals surface area contributed by atoms with Gasteiger partial charge in [0.2, 0.25) is 0 Å². The van der Waals surface area contributed by atoms with E-state index in [-0.39, 0.29) is 26.9 Å². The van der Waals surface area contributed by atoms with Crippen molar-refractivity contribution in [3.8, 4) is 0 Å². The van der Waals surface area contributed by atoms with Gasteiger partial charge in [0.1, 0.15) is 6.10 Å². The first-order chi connectivity index (χ1) is 8.79. The molecule has 1 aliphatic rings. The smallest absolute Gasteiger partial charge is 0.272 e. The summed E-state index contributed by atoms with van der Waals surface area (Å²) >= 11 is 0.836. The summed E-state index contributed by atoms with van der Waals surface area (Å²) in [6.07, 6.45) is 0.316. The number of ether oxygens (including phenoxy) is 1. The molecule has 9 heteroatoms. The molecule has 2 atom stereocenters. The maximum atomic E-state index is 11.9. The molecule has 1 aliphatic heterocycles. The van der Waals surface area contributed by atoms with Crippen molar-refractivity contribution in [1.29, 1.82) is 0 Å². The molecule has 1 fully saturated rings. The highest BCUT2D eigenvalue weighted by Gasteiger charge is 2.31. The van der Waals surface area contributed by atoms with E-state index in [0.29, 0.717) is 6.61 Å². The second-order valence-electron chi connectivity index (χ2n) is 4.38. The molecule has 1 aromatic heterocycles. The van der Waals surface area contributed by atoms with Gasteiger partial charge >= 0.3 is 0 Å². The third-order valence-electron chi connectivity index (χ3n) is 2.85. The van der Waals surface area contributed by atoms with Gasteiger partial charge in [-0.25, -0.2) is 13.4 Å². The lowest BCUT2D eigenvalue weighted by Gasteiger charge is -2.12. The number of thiazole rings is 1. The predicted octanol–water partition coefficient (Wildman–Crippen LogP) is 1.74. The summed E-state index contributed by atoms with van der Waals surface area (Å²) in [5.74, 6) is -0.172. The summed E-state index contributed by atoms with van der Waals surface area (Å²) in [5.41, 5.74) is 0.274. The summed E-state index contributed by atoms with van der Waals surface area (Å²) in [4.78, 5) is 15.9. The summed E-state index contributed by atoms with van der Waals surface area (Å²) in [6, 6.07) is 0. The molecule has 2 unspecified atom stereocenters. The van der Waals surface area contributed by atoms with Gasteiger partial charge in [-0.3, -0.25) is 10.1 Å². The highest BCUT2D eigenvalue weighted by molar-refractivity contribution is 8.15. The molecular weight excluding hydrogens is 312 g/mol. The normalized spacial score (nSPS) is 23.5. The molecule has 1 amide bonds. The first-order valence-corrected chi connectivity index (χ1v) is 8.76. The van der Waals surface area contributed by atoms with E-state index < -0.39 is 15.2 Å². The van der Waals surface area contributed by atoms with Crippen LogP contribution < -0.4 is 5.32 Å². The molecule has 1 aromatic rings. The number of nitrogens with zero attached hydrogens (tertiary/aromatic N) is 1. The molecule has 2 heterocycles. The van der Waals surface area contributed by atoms with Crippen molar-refractivity contribution in [3.63, 3.8) is 0 Å². The predicted molar refractivity (Wildman–Crippen MR) is 72.0 cm³/mol. The van der Waals surface area contributed by atoms with Crippen molar-refractivity contribution in [1.82, 2.24) is 4.98 Å². The van der Waals surface area contributed by atoms with E-state index >= 15 is 0 Å². The lowest BCUT2D eigenvalue weighted by Crippen LogP contribution is -2.31. The fourth-order valence-electron chi connectivity index (χ4n) is 1.87. The van der Waals surface area contributed by atoms with Crippen molar-refractivity contribution in [3.05, 3.63) is 5.69 Å². The quantitative estimate of drug-likeness (QED) is 0.856. The van der Waals surface area contributed by atoms with Gasteiger partial charge in [0.25, 0.3) is 15.0 Å². The Bertz CT molecular complexity index is 599. The van der Waals surface area contributed by atoms with Crippen LogP contribution in [0.4, 0.5) is 5.13 Å². The SMILES string of the molecule is Cc1nc(NC(=O)C2OCCC2C)sc1S(=O)(=O)Cl. The third-order valence-corrected chi connectivity index (χ3v) is 6.10. The van der Waals surface area contributed by atoms with Gasteiger partial charge in [-0.2, -0.15) is 0 Å². The molecule has 0 spiro atoms. The Kier molecular flexibility index (Phi) is 4.14. The lowest BCUT2D eigenvalue weighted by atomic mass is 10.0. The van der Waals surface area contributed by atoms with Gasteiger partial charge in [0.15, 0.2) is 9.34 Å². The molecule has 0 aliphatic carbocycles. The Morgan fingerprint density at radius 3 is 2.74 bits per heavy atom. The number of anilines is 1. The number of aromatic nitrogens is 1. The van der Waals surface area contributed by atoms with E-state index in [2.05, 4.69) is 10.3 Å². The summed E-state index contributed by atoms with van der Waals surface area (Å²) in [6.45, 7) is 4.01. The van der Waals surface area contributed by atoms with Crippen molar-refractivity contribution in [2.24, 2.45) is 5.92 Å². The zero-order valence-electron chi connectivity index (χ0n) is 10.3. The number of hydrogen-bond donors (Lipinski definition) is 1. The van der Waals surface area contributed by atoms with Gasteiger partial charge in [-0.15, -0.1) is 0 Å². The standard InChI is InChI=1S/C10H13ClN2O4S2/c1-5-3-4-17-7(5)8(14)13-10-12-6(2)9(18-10)19(11,15)16/h5,7H,3-4H2,1-2H3,(H,12,13,14). The number of rotatable bonds is 3. The molecule has 0 aromatic carbocycles. The van der Waals surface area contributed by atoms with Crippen molar-refractivity contribution in [2.45, 2.75) is 30.6 Å². The zero-order chi connectivity index (χ0) is 14.2. The summed E-state index contributed by atoms with van der Waals surface area (Å²) in [7, 11) is 1.44. The molecule has 2 rings (SSSR count). The van der Waals surface area contributed by atoms with Crippen LogP contribution in [-0.2, 0) is 18.6 Å². The first-order valence-electron chi connectivity index (χ1n) is 5.63. The lowest BCUT2D eigenvalue weighted by molar-refractivity contribution is -0.126. The van der Waals surface area contributed by atoms with Crippen LogP contribution >= 0.6 is 22.0 Å². The van der Waals surface area contributed by atoms with Crippen LogP contribution in [0, 0.1) is 12.8 Å². The average Bonchev–Trinajstić information content (AvgIpc) is 2.83. The van der Waals surface area contributed by atoms with Crippen LogP contribution in [0.25, 0.3) is 0 Å². The number of hydrogen-bond acceptors (Lipinski definition) is 6. The highest BCUT2D eigenvalue weighted by Crippen LogP contribution is 2.30. The first kappa shape index (κ1) is 14.7. The second-order valence-corrected chi connectivity index (χ2v) is 8.14. The Morgan fingerprint density at radius 2 is 2.26 bits per heavy atom. The number of carbonyl (C=O) groups excluding carboxylic acids is 1. The molecule has 106 valence electrons. The van der Waals surface area contributed by atoms with Crippen molar-refractivity contribution < 1.29 is 17.9 Å². The molecule has 0 saturated carbocycles. The van der Waals surface area contributed by atoms with Crippen LogP contribution in [0.1, 0.15) is 19.0 Å². The number of aryl methyl sites for hydroxylation is 1. The fourth-order valence-corrected chi connectivity index (χ4v) is 4.22. The average molecular weight is 325 g/mol. The van der Waals surface area contributed by atoms with Crippen LogP contribution in [0.3, 0.4) is 0 Å². The van der Waals surface area contributed by atoms with Gasteiger partial charge in [-0.1, -0.05) is 18.3 Å². The second kappa shape index (κ2) is 5.35. The van der Waals surface area contributed by atoms with Gasteiger partial charge < -0.3 is 4.74 Å². The topological polar surface area (TPSA) is 85.4 Å². The molecule has 19 heavy (non-hydrogen) atoms. The molecule has 0 radical (unpaired) electrons. The fraction of sp³-hybridized carbons (Fsp3) is 0.600. The zero-order valence-corrected chi connectivity index (χ0v) is 12.7. The minimum atomic E-state index is -3.83. The highest BCUT2D eigenvalue weighted by atomic mass is 35.7. The van der Waals surface area contributed by atoms with E-state index in [9.17, 15) is 13.2 Å². The molecule has 1 N–H and O–H groups in total. The Labute approximate surface area is 119 Å². The summed E-state index contributed by atoms with van der Waals surface area (Å²) < 4.78 is 27.8. The van der Waals surface area contributed by atoms with Crippen LogP contribution in [0.15, 0.2) is 4.21 Å². The number of nitrogens with one attached hydrogen (secondary N) is 1. The third kappa shape index (κ3) is 3.25. The largest absolute Gasteiger partial charge is 0.368 e. The van der Waals surface area contributed by atoms with E-state index in [4.69, 9.17) is 15.4 Å². The number of halogens is 1. The monoisotopic (exact) mass is 324 g/mol. The molecular formula is C10H13ClN2O4S2. The Hall–Kier alpha value is -0.700. The maximum Gasteiger partial charge on any atom is 0.272 e. The van der Waals surface area contributed by atoms with E-state index in [0.717, 1.165) is 17.8 Å². The van der Waals surface area contributed by atoms with Gasteiger partial charge in [0.05, 0.1) is 5.69 Å². The van der Waals surface area contributed by atoms with E-state index in [1.165, 1.54) is 6.92 Å². The van der Waals surface area contributed by atoms with Crippen molar-refractivity contribution in [2.75, 3.05) is 11.9 Å². The molecule has 0 bridgehead atoms. The maximum absolute atomic E-state index is 11.9. The molecule has 1 saturated heterocycles. The van der Waals surface area contributed by atoms with E-state index in [1.807, 2.05) is 6.92 Å². The Morgan fingerprint density at radius 1 is 1.58 bits per heavy atom. The summed E-state index contributed by atoms with van der Waals surface area (Å²) in [5, 5.41) is 2.78. The molecule has 6 nitrogen and oxygen atoms in total. The minimum absolute atomic E-state index is 0.0511. The van der Waals surface area contributed by atoms with Crippen LogP contribution in [0.2, 0.25) is 0 Å². The minimum Gasteiger partial charge on any atom is -0.368 e. The van der Waals surface area contributed by atoms with Crippen molar-refractivity contribution >= 4 is 42.1 Å². The van der Waals surface area contributed by atoms with Crippen LogP contribution in [0.5, 0.6) is 0 Å². The Balaban J connectivity index is 2.14. The van der Waals surface area contributed by atoms with E-state index in [1.54, 1.807) is 0 Å².